The maximum absolute atomic E-state index is 12.7. The van der Waals surface area contributed by atoms with Gasteiger partial charge >= 0.3 is 6.55 Å². The number of hydrogen-bond donors (Lipinski definition) is 1. The SMILES string of the molecule is CC[C@H](O)c1ccccc1OCc1nccn1C(F)F. The van der Waals surface area contributed by atoms with Crippen LogP contribution in [0.2, 0.25) is 0 Å². The molecule has 0 saturated heterocycles. The van der Waals surface area contributed by atoms with Crippen molar-refractivity contribution in [2.45, 2.75) is 32.6 Å². The molecular weight excluding hydrogens is 266 g/mol. The van der Waals surface area contributed by atoms with Gasteiger partial charge in [-0.25, -0.2) is 4.98 Å². The van der Waals surface area contributed by atoms with Gasteiger partial charge in [0.15, 0.2) is 5.82 Å². The average Bonchev–Trinajstić information content (AvgIpc) is 2.93. The Hall–Kier alpha value is -1.95. The summed E-state index contributed by atoms with van der Waals surface area (Å²) in [7, 11) is 0. The zero-order valence-electron chi connectivity index (χ0n) is 11.0. The molecule has 0 aliphatic rings. The third kappa shape index (κ3) is 3.14. The summed E-state index contributed by atoms with van der Waals surface area (Å²) >= 11 is 0. The van der Waals surface area contributed by atoms with E-state index in [1.165, 1.54) is 12.4 Å². The summed E-state index contributed by atoms with van der Waals surface area (Å²) < 4.78 is 31.6. The standard InChI is InChI=1S/C14H16F2N2O2/c1-2-11(19)10-5-3-4-6-12(10)20-9-13-17-7-8-18(13)14(15)16/h3-8,11,14,19H,2,9H2,1H3/t11-/m0/s1. The van der Waals surface area contributed by atoms with Crippen molar-refractivity contribution in [3.63, 3.8) is 0 Å². The quantitative estimate of drug-likeness (QED) is 0.884. The number of hydrogen-bond acceptors (Lipinski definition) is 3. The summed E-state index contributed by atoms with van der Waals surface area (Å²) in [5.41, 5.74) is 0.644. The Morgan fingerprint density at radius 1 is 1.35 bits per heavy atom. The second-order valence-electron chi connectivity index (χ2n) is 4.28. The number of ether oxygens (including phenoxy) is 1. The Kier molecular flexibility index (Phi) is 4.68. The molecule has 2 rings (SSSR count). The monoisotopic (exact) mass is 282 g/mol. The molecule has 1 atom stereocenters. The van der Waals surface area contributed by atoms with Crippen LogP contribution in [0.4, 0.5) is 8.78 Å². The second-order valence-corrected chi connectivity index (χ2v) is 4.28. The van der Waals surface area contributed by atoms with E-state index in [2.05, 4.69) is 4.98 Å². The van der Waals surface area contributed by atoms with Gasteiger partial charge in [0.05, 0.1) is 6.10 Å². The van der Waals surface area contributed by atoms with Crippen LogP contribution >= 0.6 is 0 Å². The van der Waals surface area contributed by atoms with Gasteiger partial charge in [-0.15, -0.1) is 0 Å². The number of nitrogens with zero attached hydrogens (tertiary/aromatic N) is 2. The van der Waals surface area contributed by atoms with Gasteiger partial charge in [0.25, 0.3) is 0 Å². The van der Waals surface area contributed by atoms with Gasteiger partial charge in [0.2, 0.25) is 0 Å². The topological polar surface area (TPSA) is 47.3 Å². The predicted octanol–water partition coefficient (Wildman–Crippen LogP) is 3.30. The third-order valence-corrected chi connectivity index (χ3v) is 2.98. The fraction of sp³-hybridized carbons (Fsp3) is 0.357. The smallest absolute Gasteiger partial charge is 0.320 e. The molecule has 0 saturated carbocycles. The van der Waals surface area contributed by atoms with Crippen molar-refractivity contribution in [2.75, 3.05) is 0 Å². The fourth-order valence-corrected chi connectivity index (χ4v) is 1.88. The number of imidazole rings is 1. The number of alkyl halides is 2. The van der Waals surface area contributed by atoms with Crippen molar-refractivity contribution in [2.24, 2.45) is 0 Å². The Morgan fingerprint density at radius 3 is 2.80 bits per heavy atom. The highest BCUT2D eigenvalue weighted by Crippen LogP contribution is 2.27. The lowest BCUT2D eigenvalue weighted by molar-refractivity contribution is 0.0630. The molecule has 0 aliphatic heterocycles. The van der Waals surface area contributed by atoms with Crippen LogP contribution in [0, 0.1) is 0 Å². The summed E-state index contributed by atoms with van der Waals surface area (Å²) in [5.74, 6) is 0.617. The number of para-hydroxylation sites is 1. The van der Waals surface area contributed by atoms with E-state index in [0.29, 0.717) is 17.7 Å². The van der Waals surface area contributed by atoms with Gasteiger partial charge in [-0.1, -0.05) is 25.1 Å². The highest BCUT2D eigenvalue weighted by atomic mass is 19.3. The van der Waals surface area contributed by atoms with Gasteiger partial charge in [0, 0.05) is 18.0 Å². The number of rotatable bonds is 6. The highest BCUT2D eigenvalue weighted by Gasteiger charge is 2.14. The first-order valence-corrected chi connectivity index (χ1v) is 6.33. The minimum absolute atomic E-state index is 0.0786. The van der Waals surface area contributed by atoms with E-state index in [0.717, 1.165) is 4.57 Å². The fourth-order valence-electron chi connectivity index (χ4n) is 1.88. The minimum Gasteiger partial charge on any atom is -0.485 e. The third-order valence-electron chi connectivity index (χ3n) is 2.98. The lowest BCUT2D eigenvalue weighted by Crippen LogP contribution is -2.08. The Labute approximate surface area is 115 Å². The number of aliphatic hydroxyl groups is 1. The Bertz CT molecular complexity index is 558. The second kappa shape index (κ2) is 6.47. The molecule has 1 aromatic carbocycles. The molecule has 1 heterocycles. The number of aliphatic hydroxyl groups excluding tert-OH is 1. The van der Waals surface area contributed by atoms with Crippen LogP contribution in [-0.2, 0) is 6.61 Å². The van der Waals surface area contributed by atoms with Crippen molar-refractivity contribution in [3.8, 4) is 5.75 Å². The first-order chi connectivity index (χ1) is 9.63. The zero-order chi connectivity index (χ0) is 14.5. The minimum atomic E-state index is -2.65. The molecule has 2 aromatic rings. The lowest BCUT2D eigenvalue weighted by Gasteiger charge is -2.15. The van der Waals surface area contributed by atoms with Crippen molar-refractivity contribution in [1.82, 2.24) is 9.55 Å². The van der Waals surface area contributed by atoms with Gasteiger partial charge in [0.1, 0.15) is 12.4 Å². The first kappa shape index (κ1) is 14.5. The molecule has 108 valence electrons. The van der Waals surface area contributed by atoms with Gasteiger partial charge in [-0.2, -0.15) is 8.78 Å². The molecule has 1 aromatic heterocycles. The number of aromatic nitrogens is 2. The highest BCUT2D eigenvalue weighted by molar-refractivity contribution is 5.35. The van der Waals surface area contributed by atoms with Gasteiger partial charge in [-0.3, -0.25) is 4.57 Å². The predicted molar refractivity (Wildman–Crippen MR) is 69.5 cm³/mol. The normalized spacial score (nSPS) is 12.7. The number of halogens is 2. The van der Waals surface area contributed by atoms with E-state index in [9.17, 15) is 13.9 Å². The van der Waals surface area contributed by atoms with E-state index < -0.39 is 12.7 Å². The van der Waals surface area contributed by atoms with Crippen molar-refractivity contribution >= 4 is 0 Å². The van der Waals surface area contributed by atoms with Crippen LogP contribution in [0.15, 0.2) is 36.7 Å². The molecule has 1 N–H and O–H groups in total. The van der Waals surface area contributed by atoms with Crippen LogP contribution in [0.25, 0.3) is 0 Å². The molecule has 4 nitrogen and oxygen atoms in total. The molecule has 6 heteroatoms. The first-order valence-electron chi connectivity index (χ1n) is 6.33. The Balaban J connectivity index is 2.13. The summed E-state index contributed by atoms with van der Waals surface area (Å²) in [6.45, 7) is -0.872. The van der Waals surface area contributed by atoms with Crippen LogP contribution < -0.4 is 4.74 Å². The molecule has 0 spiro atoms. The molecule has 20 heavy (non-hydrogen) atoms. The summed E-state index contributed by atoms with van der Waals surface area (Å²) in [6.07, 6.45) is 2.42. The molecular formula is C14H16F2N2O2. The molecule has 0 bridgehead atoms. The van der Waals surface area contributed by atoms with Gasteiger partial charge in [-0.05, 0) is 12.5 Å². The maximum Gasteiger partial charge on any atom is 0.320 e. The van der Waals surface area contributed by atoms with E-state index in [-0.39, 0.29) is 12.4 Å². The van der Waals surface area contributed by atoms with E-state index in [4.69, 9.17) is 4.74 Å². The van der Waals surface area contributed by atoms with Crippen LogP contribution in [-0.4, -0.2) is 14.7 Å². The lowest BCUT2D eigenvalue weighted by atomic mass is 10.1. The number of benzene rings is 1. The van der Waals surface area contributed by atoms with E-state index in [1.807, 2.05) is 6.92 Å². The van der Waals surface area contributed by atoms with Crippen molar-refractivity contribution in [3.05, 3.63) is 48.0 Å². The van der Waals surface area contributed by atoms with Crippen LogP contribution in [0.3, 0.4) is 0 Å². The van der Waals surface area contributed by atoms with Gasteiger partial charge < -0.3 is 9.84 Å². The summed E-state index contributed by atoms with van der Waals surface area (Å²) in [4.78, 5) is 3.84. The maximum atomic E-state index is 12.7. The van der Waals surface area contributed by atoms with Crippen molar-refractivity contribution < 1.29 is 18.6 Å². The molecule has 0 aliphatic carbocycles. The molecule has 0 fully saturated rings. The summed E-state index contributed by atoms with van der Waals surface area (Å²) in [5, 5.41) is 9.89. The van der Waals surface area contributed by atoms with E-state index in [1.54, 1.807) is 24.3 Å². The van der Waals surface area contributed by atoms with E-state index >= 15 is 0 Å². The average molecular weight is 282 g/mol. The molecule has 0 amide bonds. The zero-order valence-corrected chi connectivity index (χ0v) is 11.0. The van der Waals surface area contributed by atoms with Crippen LogP contribution in [0.1, 0.15) is 37.4 Å². The summed E-state index contributed by atoms with van der Waals surface area (Å²) in [6, 6.07) is 7.01. The Morgan fingerprint density at radius 2 is 2.10 bits per heavy atom. The van der Waals surface area contributed by atoms with Crippen molar-refractivity contribution in [1.29, 1.82) is 0 Å². The molecule has 0 unspecified atom stereocenters. The van der Waals surface area contributed by atoms with Crippen LogP contribution in [0.5, 0.6) is 5.75 Å². The molecule has 0 radical (unpaired) electrons. The largest absolute Gasteiger partial charge is 0.485 e.